The van der Waals surface area contributed by atoms with Crippen molar-refractivity contribution in [1.29, 1.82) is 5.26 Å². The molecule has 0 atom stereocenters. The normalized spacial score (nSPS) is 10.3. The van der Waals surface area contributed by atoms with E-state index in [4.69, 9.17) is 5.26 Å². The third-order valence-electron chi connectivity index (χ3n) is 2.71. The van der Waals surface area contributed by atoms with Crippen LogP contribution in [0.5, 0.6) is 0 Å². The fourth-order valence-electron chi connectivity index (χ4n) is 1.66. The van der Waals surface area contributed by atoms with Gasteiger partial charge < -0.3 is 0 Å². The lowest BCUT2D eigenvalue weighted by molar-refractivity contribution is 0.818. The minimum Gasteiger partial charge on any atom is -0.282 e. The summed E-state index contributed by atoms with van der Waals surface area (Å²) in [5.41, 5.74) is 1.45. The largest absolute Gasteiger partial charge is 0.282 e. The van der Waals surface area contributed by atoms with Crippen LogP contribution in [0.25, 0.3) is 5.69 Å². The van der Waals surface area contributed by atoms with Crippen LogP contribution >= 0.6 is 0 Å². The lowest BCUT2D eigenvalue weighted by atomic mass is 10.1. The molecule has 2 aromatic rings. The van der Waals surface area contributed by atoms with Crippen LogP contribution in [0.3, 0.4) is 0 Å². The Morgan fingerprint density at radius 2 is 2.11 bits per heavy atom. The molecule has 90 valence electrons. The summed E-state index contributed by atoms with van der Waals surface area (Å²) in [6.45, 7) is 4.12. The van der Waals surface area contributed by atoms with Crippen LogP contribution in [0.4, 0.5) is 0 Å². The Kier molecular flexibility index (Phi) is 3.24. The highest BCUT2D eigenvalue weighted by molar-refractivity contribution is 5.34. The molecule has 2 rings (SSSR count). The molecule has 2 aromatic heterocycles. The van der Waals surface area contributed by atoms with Gasteiger partial charge in [0.15, 0.2) is 0 Å². The van der Waals surface area contributed by atoms with Gasteiger partial charge in [0.2, 0.25) is 0 Å². The molecule has 0 aliphatic rings. The number of rotatable bonds is 2. The zero-order valence-electron chi connectivity index (χ0n) is 10.3. The Morgan fingerprint density at radius 1 is 1.33 bits per heavy atom. The van der Waals surface area contributed by atoms with E-state index < -0.39 is 0 Å². The molecule has 0 unspecified atom stereocenters. The van der Waals surface area contributed by atoms with Crippen molar-refractivity contribution in [3.05, 3.63) is 58.3 Å². The Balaban J connectivity index is 2.50. The van der Waals surface area contributed by atoms with Gasteiger partial charge in [0, 0.05) is 11.9 Å². The van der Waals surface area contributed by atoms with Crippen LogP contribution in [0, 0.1) is 11.3 Å². The van der Waals surface area contributed by atoms with E-state index in [0.29, 0.717) is 11.6 Å². The zero-order valence-corrected chi connectivity index (χ0v) is 10.3. The van der Waals surface area contributed by atoms with Crippen LogP contribution < -0.4 is 5.56 Å². The Labute approximate surface area is 105 Å². The third kappa shape index (κ3) is 2.16. The highest BCUT2D eigenvalue weighted by Gasteiger charge is 2.05. The first-order valence-corrected chi connectivity index (χ1v) is 5.71. The van der Waals surface area contributed by atoms with Crippen LogP contribution in [-0.4, -0.2) is 9.55 Å². The van der Waals surface area contributed by atoms with Gasteiger partial charge in [0.1, 0.15) is 11.6 Å². The maximum atomic E-state index is 11.9. The first-order valence-electron chi connectivity index (χ1n) is 5.71. The van der Waals surface area contributed by atoms with Crippen molar-refractivity contribution in [1.82, 2.24) is 9.55 Å². The summed E-state index contributed by atoms with van der Waals surface area (Å²) >= 11 is 0. The van der Waals surface area contributed by atoms with E-state index in [1.54, 1.807) is 18.5 Å². The molecule has 0 saturated heterocycles. The molecular formula is C14H13N3O. The number of pyridine rings is 2. The van der Waals surface area contributed by atoms with E-state index in [0.717, 1.165) is 5.69 Å². The van der Waals surface area contributed by atoms with Crippen molar-refractivity contribution in [3.63, 3.8) is 0 Å². The summed E-state index contributed by atoms with van der Waals surface area (Å²) in [7, 11) is 0. The summed E-state index contributed by atoms with van der Waals surface area (Å²) in [5.74, 6) is 0.348. The highest BCUT2D eigenvalue weighted by Crippen LogP contribution is 2.12. The molecule has 4 nitrogen and oxygen atoms in total. The number of nitriles is 1. The summed E-state index contributed by atoms with van der Waals surface area (Å²) in [6, 6.07) is 8.80. The van der Waals surface area contributed by atoms with Gasteiger partial charge in [-0.3, -0.25) is 14.3 Å². The molecule has 2 heterocycles. The standard InChI is InChI=1S/C14H13N3O/c1-10(2)13-6-5-12(9-16-13)17-7-3-4-11(8-15)14(17)18/h3-7,9-10H,1-2H3. The first kappa shape index (κ1) is 12.1. The smallest absolute Gasteiger partial charge is 0.273 e. The molecule has 18 heavy (non-hydrogen) atoms. The molecule has 0 aliphatic heterocycles. The molecular weight excluding hydrogens is 226 g/mol. The molecule has 0 aliphatic carbocycles. The average Bonchev–Trinajstić information content (AvgIpc) is 2.39. The molecule has 0 radical (unpaired) electrons. The predicted molar refractivity (Wildman–Crippen MR) is 68.6 cm³/mol. The summed E-state index contributed by atoms with van der Waals surface area (Å²) in [4.78, 5) is 16.2. The second-order valence-electron chi connectivity index (χ2n) is 4.30. The number of hydrogen-bond donors (Lipinski definition) is 0. The number of aromatic nitrogens is 2. The lowest BCUT2D eigenvalue weighted by Crippen LogP contribution is -2.20. The van der Waals surface area contributed by atoms with Crippen LogP contribution in [0.2, 0.25) is 0 Å². The fourth-order valence-corrected chi connectivity index (χ4v) is 1.66. The van der Waals surface area contributed by atoms with Crippen LogP contribution in [0.15, 0.2) is 41.5 Å². The van der Waals surface area contributed by atoms with E-state index in [-0.39, 0.29) is 11.1 Å². The van der Waals surface area contributed by atoms with E-state index in [1.807, 2.05) is 18.2 Å². The van der Waals surface area contributed by atoms with Gasteiger partial charge in [-0.05, 0) is 30.2 Å². The summed E-state index contributed by atoms with van der Waals surface area (Å²) < 4.78 is 1.43. The van der Waals surface area contributed by atoms with Gasteiger partial charge >= 0.3 is 0 Å². The molecule has 0 fully saturated rings. The maximum absolute atomic E-state index is 11.9. The molecule has 0 spiro atoms. The van der Waals surface area contributed by atoms with Gasteiger partial charge in [-0.15, -0.1) is 0 Å². The van der Waals surface area contributed by atoms with Gasteiger partial charge in [-0.1, -0.05) is 13.8 Å². The Morgan fingerprint density at radius 3 is 2.67 bits per heavy atom. The monoisotopic (exact) mass is 239 g/mol. The van der Waals surface area contributed by atoms with Gasteiger partial charge in [0.25, 0.3) is 5.56 Å². The van der Waals surface area contributed by atoms with Crippen molar-refractivity contribution in [3.8, 4) is 11.8 Å². The summed E-state index contributed by atoms with van der Waals surface area (Å²) in [5, 5.41) is 8.83. The predicted octanol–water partition coefficient (Wildman–Crippen LogP) is 2.23. The fraction of sp³-hybridized carbons (Fsp3) is 0.214. The van der Waals surface area contributed by atoms with Gasteiger partial charge in [-0.25, -0.2) is 0 Å². The molecule has 0 aromatic carbocycles. The molecule has 4 heteroatoms. The van der Waals surface area contributed by atoms with Crippen LogP contribution in [0.1, 0.15) is 31.0 Å². The van der Waals surface area contributed by atoms with Crippen molar-refractivity contribution in [2.45, 2.75) is 19.8 Å². The van der Waals surface area contributed by atoms with Gasteiger partial charge in [0.05, 0.1) is 11.9 Å². The molecule has 0 N–H and O–H groups in total. The topological polar surface area (TPSA) is 58.7 Å². The quantitative estimate of drug-likeness (QED) is 0.807. The van der Waals surface area contributed by atoms with E-state index >= 15 is 0 Å². The number of nitrogens with zero attached hydrogens (tertiary/aromatic N) is 3. The molecule has 0 bridgehead atoms. The minimum atomic E-state index is -0.320. The number of hydrogen-bond acceptors (Lipinski definition) is 3. The molecule has 0 saturated carbocycles. The summed E-state index contributed by atoms with van der Waals surface area (Å²) in [6.07, 6.45) is 3.28. The zero-order chi connectivity index (χ0) is 13.1. The van der Waals surface area contributed by atoms with E-state index in [2.05, 4.69) is 18.8 Å². The van der Waals surface area contributed by atoms with Crippen molar-refractivity contribution in [2.24, 2.45) is 0 Å². The molecule has 0 amide bonds. The first-order chi connectivity index (χ1) is 8.63. The Bertz CT molecular complexity index is 648. The van der Waals surface area contributed by atoms with Crippen molar-refractivity contribution >= 4 is 0 Å². The highest BCUT2D eigenvalue weighted by atomic mass is 16.1. The van der Waals surface area contributed by atoms with E-state index in [9.17, 15) is 4.79 Å². The van der Waals surface area contributed by atoms with E-state index in [1.165, 1.54) is 10.6 Å². The van der Waals surface area contributed by atoms with Crippen molar-refractivity contribution in [2.75, 3.05) is 0 Å². The lowest BCUT2D eigenvalue weighted by Gasteiger charge is -2.08. The second-order valence-corrected chi connectivity index (χ2v) is 4.30. The van der Waals surface area contributed by atoms with Gasteiger partial charge in [-0.2, -0.15) is 5.26 Å². The SMILES string of the molecule is CC(C)c1ccc(-n2cccc(C#N)c2=O)cn1. The third-order valence-corrected chi connectivity index (χ3v) is 2.71. The van der Waals surface area contributed by atoms with Crippen molar-refractivity contribution < 1.29 is 0 Å². The average molecular weight is 239 g/mol. The minimum absolute atomic E-state index is 0.130. The second kappa shape index (κ2) is 4.84. The maximum Gasteiger partial charge on any atom is 0.273 e. The Hall–Kier alpha value is -2.41. The van der Waals surface area contributed by atoms with Crippen LogP contribution in [-0.2, 0) is 0 Å².